The molecule has 0 amide bonds. The topological polar surface area (TPSA) is 70.2 Å². The highest BCUT2D eigenvalue weighted by Gasteiger charge is 2.08. The Morgan fingerprint density at radius 3 is 3.08 bits per heavy atom. The zero-order valence-corrected chi connectivity index (χ0v) is 6.64. The van der Waals surface area contributed by atoms with E-state index in [-0.39, 0.29) is 5.82 Å². The van der Waals surface area contributed by atoms with Gasteiger partial charge in [-0.2, -0.15) is 0 Å². The van der Waals surface area contributed by atoms with Gasteiger partial charge in [-0.05, 0) is 9.91 Å². The molecule has 0 bridgehead atoms. The minimum Gasteiger partial charge on any atom is -0.383 e. The molecule has 0 aliphatic heterocycles. The normalized spacial score (nSPS) is 10.1. The van der Waals surface area contributed by atoms with Crippen LogP contribution in [0.4, 0.5) is 5.82 Å². The summed E-state index contributed by atoms with van der Waals surface area (Å²) in [5.74, 6) is -0.133. The molecule has 0 aliphatic rings. The van der Waals surface area contributed by atoms with Gasteiger partial charge >= 0.3 is 5.82 Å². The summed E-state index contributed by atoms with van der Waals surface area (Å²) in [6.07, 6.45) is 2.79. The second-order valence-corrected chi connectivity index (χ2v) is 2.22. The van der Waals surface area contributed by atoms with Crippen LogP contribution < -0.4 is 0 Å². The van der Waals surface area contributed by atoms with Crippen molar-refractivity contribution in [2.75, 3.05) is 13.7 Å². The molecule has 0 saturated carbocycles. The van der Waals surface area contributed by atoms with Crippen molar-refractivity contribution in [3.05, 3.63) is 22.6 Å². The Kier molecular flexibility index (Phi) is 2.76. The van der Waals surface area contributed by atoms with Gasteiger partial charge in [0.05, 0.1) is 6.61 Å². The number of nitrogens with zero attached hydrogens (tertiary/aromatic N) is 3. The first-order valence-electron chi connectivity index (χ1n) is 3.39. The van der Waals surface area contributed by atoms with Gasteiger partial charge in [0.2, 0.25) is 6.33 Å². The number of methoxy groups -OCH3 is 1. The van der Waals surface area contributed by atoms with Crippen LogP contribution in [0.5, 0.6) is 0 Å². The van der Waals surface area contributed by atoms with Crippen molar-refractivity contribution in [2.45, 2.75) is 6.54 Å². The average molecular weight is 171 g/mol. The first-order chi connectivity index (χ1) is 5.74. The standard InChI is InChI=1S/C6H9N3O3/c1-12-3-2-8-4-6(7-5-8)9(10)11/h4-5H,2-3H2,1H3. The monoisotopic (exact) mass is 171 g/mol. The van der Waals surface area contributed by atoms with E-state index in [9.17, 15) is 10.1 Å². The lowest BCUT2D eigenvalue weighted by atomic mass is 10.6. The van der Waals surface area contributed by atoms with E-state index >= 15 is 0 Å². The van der Waals surface area contributed by atoms with Crippen LogP contribution in [0.25, 0.3) is 0 Å². The lowest BCUT2D eigenvalue weighted by Gasteiger charge is -1.96. The van der Waals surface area contributed by atoms with Gasteiger partial charge in [0.25, 0.3) is 0 Å². The predicted molar refractivity (Wildman–Crippen MR) is 40.8 cm³/mol. The summed E-state index contributed by atoms with van der Waals surface area (Å²) in [7, 11) is 1.57. The van der Waals surface area contributed by atoms with Crippen molar-refractivity contribution < 1.29 is 9.66 Å². The molecule has 0 radical (unpaired) electrons. The van der Waals surface area contributed by atoms with Crippen molar-refractivity contribution in [2.24, 2.45) is 0 Å². The summed E-state index contributed by atoms with van der Waals surface area (Å²) in [5.41, 5.74) is 0. The predicted octanol–water partition coefficient (Wildman–Crippen LogP) is 0.438. The molecule has 0 saturated heterocycles. The smallest absolute Gasteiger partial charge is 0.381 e. The summed E-state index contributed by atoms with van der Waals surface area (Å²) in [4.78, 5) is 13.2. The number of ether oxygens (including phenoxy) is 1. The first kappa shape index (κ1) is 8.66. The van der Waals surface area contributed by atoms with Crippen LogP contribution in [0.3, 0.4) is 0 Å². The molecule has 0 fully saturated rings. The maximum atomic E-state index is 10.2. The zero-order valence-electron chi connectivity index (χ0n) is 6.64. The number of hydrogen-bond donors (Lipinski definition) is 0. The third-order valence-electron chi connectivity index (χ3n) is 1.36. The van der Waals surface area contributed by atoms with Crippen LogP contribution in [-0.2, 0) is 11.3 Å². The molecule has 1 heterocycles. The zero-order chi connectivity index (χ0) is 8.97. The van der Waals surface area contributed by atoms with E-state index in [0.717, 1.165) is 0 Å². The van der Waals surface area contributed by atoms with Crippen LogP contribution in [0.15, 0.2) is 12.5 Å². The van der Waals surface area contributed by atoms with Gasteiger partial charge in [-0.15, -0.1) is 0 Å². The highest BCUT2D eigenvalue weighted by atomic mass is 16.6. The highest BCUT2D eigenvalue weighted by molar-refractivity contribution is 5.12. The molecule has 6 nitrogen and oxygen atoms in total. The fraction of sp³-hybridized carbons (Fsp3) is 0.500. The molecule has 0 spiro atoms. The van der Waals surface area contributed by atoms with Crippen molar-refractivity contribution >= 4 is 5.82 Å². The summed E-state index contributed by atoms with van der Waals surface area (Å²) < 4.78 is 6.41. The first-order valence-corrected chi connectivity index (χ1v) is 3.39. The van der Waals surface area contributed by atoms with Crippen molar-refractivity contribution in [3.8, 4) is 0 Å². The Morgan fingerprint density at radius 1 is 1.83 bits per heavy atom. The van der Waals surface area contributed by atoms with Crippen LogP contribution in [-0.4, -0.2) is 28.2 Å². The van der Waals surface area contributed by atoms with Crippen LogP contribution in [0.1, 0.15) is 0 Å². The molecule has 66 valence electrons. The van der Waals surface area contributed by atoms with Crippen LogP contribution in [0.2, 0.25) is 0 Å². The third-order valence-corrected chi connectivity index (χ3v) is 1.36. The lowest BCUT2D eigenvalue weighted by molar-refractivity contribution is -0.389. The van der Waals surface area contributed by atoms with Gasteiger partial charge < -0.3 is 19.4 Å². The van der Waals surface area contributed by atoms with E-state index < -0.39 is 4.92 Å². The molecule has 1 rings (SSSR count). The highest BCUT2D eigenvalue weighted by Crippen LogP contribution is 2.04. The fourth-order valence-corrected chi connectivity index (χ4v) is 0.762. The van der Waals surface area contributed by atoms with E-state index in [4.69, 9.17) is 4.74 Å². The van der Waals surface area contributed by atoms with Crippen LogP contribution in [0, 0.1) is 10.1 Å². The van der Waals surface area contributed by atoms with Crippen LogP contribution >= 0.6 is 0 Å². The number of rotatable bonds is 4. The van der Waals surface area contributed by atoms with Gasteiger partial charge in [0, 0.05) is 13.7 Å². The maximum Gasteiger partial charge on any atom is 0.381 e. The molecule has 6 heteroatoms. The third kappa shape index (κ3) is 2.03. The van der Waals surface area contributed by atoms with Gasteiger partial charge in [-0.1, -0.05) is 0 Å². The minimum atomic E-state index is -0.525. The second kappa shape index (κ2) is 3.82. The van der Waals surface area contributed by atoms with E-state index in [2.05, 4.69) is 4.98 Å². The molecule has 1 aromatic rings. The summed E-state index contributed by atoms with van der Waals surface area (Å²) in [6, 6.07) is 0. The Morgan fingerprint density at radius 2 is 2.58 bits per heavy atom. The van der Waals surface area contributed by atoms with E-state index in [1.165, 1.54) is 12.5 Å². The van der Waals surface area contributed by atoms with Gasteiger partial charge in [-0.25, -0.2) is 0 Å². The fourth-order valence-electron chi connectivity index (χ4n) is 0.762. The average Bonchev–Trinajstić information content (AvgIpc) is 2.48. The van der Waals surface area contributed by atoms with Gasteiger partial charge in [0.15, 0.2) is 0 Å². The second-order valence-electron chi connectivity index (χ2n) is 2.22. The molecule has 0 N–H and O–H groups in total. The molecular formula is C6H9N3O3. The summed E-state index contributed by atoms with van der Waals surface area (Å²) in [6.45, 7) is 1.10. The van der Waals surface area contributed by atoms with E-state index in [0.29, 0.717) is 13.2 Å². The van der Waals surface area contributed by atoms with Crippen molar-refractivity contribution in [3.63, 3.8) is 0 Å². The molecule has 0 unspecified atom stereocenters. The SMILES string of the molecule is COCCn1cnc([N+](=O)[O-])c1. The number of nitro groups is 1. The quantitative estimate of drug-likeness (QED) is 0.486. The molecule has 1 aromatic heterocycles. The largest absolute Gasteiger partial charge is 0.383 e. The Bertz CT molecular complexity index is 271. The van der Waals surface area contributed by atoms with Gasteiger partial charge in [-0.3, -0.25) is 0 Å². The van der Waals surface area contributed by atoms with Gasteiger partial charge in [0.1, 0.15) is 6.20 Å². The van der Waals surface area contributed by atoms with Crippen molar-refractivity contribution in [1.82, 2.24) is 9.55 Å². The summed E-state index contributed by atoms with van der Waals surface area (Å²) >= 11 is 0. The maximum absolute atomic E-state index is 10.2. The molecule has 0 aliphatic carbocycles. The molecule has 0 aromatic carbocycles. The number of imidazole rings is 1. The minimum absolute atomic E-state index is 0.133. The van der Waals surface area contributed by atoms with E-state index in [1.807, 2.05) is 0 Å². The number of aromatic nitrogens is 2. The lowest BCUT2D eigenvalue weighted by Crippen LogP contribution is -2.01. The molecular weight excluding hydrogens is 162 g/mol. The Balaban J connectivity index is 2.58. The number of hydrogen-bond acceptors (Lipinski definition) is 4. The van der Waals surface area contributed by atoms with E-state index in [1.54, 1.807) is 11.7 Å². The molecule has 12 heavy (non-hydrogen) atoms. The summed E-state index contributed by atoms with van der Waals surface area (Å²) in [5, 5.41) is 10.2. The van der Waals surface area contributed by atoms with Crippen molar-refractivity contribution in [1.29, 1.82) is 0 Å². The Labute approximate surface area is 68.9 Å². The Hall–Kier alpha value is -1.43. The molecule has 0 atom stereocenters.